The number of para-hydroxylation sites is 1. The number of aliphatic imine (C=N–C) groups is 1. The van der Waals surface area contributed by atoms with Gasteiger partial charge in [0.25, 0.3) is 0 Å². The summed E-state index contributed by atoms with van der Waals surface area (Å²) < 4.78 is 33.7. The molecule has 5 nitrogen and oxygen atoms in total. The summed E-state index contributed by atoms with van der Waals surface area (Å²) in [5.41, 5.74) is 1.02. The molecule has 2 aromatic carbocycles. The van der Waals surface area contributed by atoms with Crippen molar-refractivity contribution in [1.29, 1.82) is 0 Å². The first kappa shape index (κ1) is 24.1. The third kappa shape index (κ3) is 6.30. The molecular formula is C20H27F2IN4O. The Morgan fingerprint density at radius 1 is 1.07 bits per heavy atom. The van der Waals surface area contributed by atoms with Crippen molar-refractivity contribution in [2.24, 2.45) is 4.99 Å². The van der Waals surface area contributed by atoms with Crippen LogP contribution in [0.25, 0.3) is 0 Å². The minimum absolute atomic E-state index is 0. The largest absolute Gasteiger partial charge is 0.496 e. The number of ether oxygens (including phenoxy) is 1. The summed E-state index contributed by atoms with van der Waals surface area (Å²) in [6.07, 6.45) is 0. The molecule has 0 fully saturated rings. The van der Waals surface area contributed by atoms with Gasteiger partial charge in [0, 0.05) is 31.3 Å². The molecule has 1 unspecified atom stereocenters. The highest BCUT2D eigenvalue weighted by Crippen LogP contribution is 2.24. The zero-order chi connectivity index (χ0) is 19.8. The average molecular weight is 504 g/mol. The molecule has 154 valence electrons. The molecule has 0 saturated heterocycles. The number of hydrogen-bond donors (Lipinski definition) is 2. The summed E-state index contributed by atoms with van der Waals surface area (Å²) in [5, 5.41) is 6.32. The second kappa shape index (κ2) is 11.8. The predicted octanol–water partition coefficient (Wildman–Crippen LogP) is 3.56. The molecular weight excluding hydrogens is 477 g/mol. The Labute approximate surface area is 182 Å². The lowest BCUT2D eigenvalue weighted by atomic mass is 10.0. The van der Waals surface area contributed by atoms with Gasteiger partial charge in [0.2, 0.25) is 0 Å². The Hall–Kier alpha value is -1.94. The number of guanidine groups is 1. The van der Waals surface area contributed by atoms with E-state index in [1.165, 1.54) is 18.2 Å². The third-order valence-electron chi connectivity index (χ3n) is 4.28. The minimum atomic E-state index is -0.563. The summed E-state index contributed by atoms with van der Waals surface area (Å²) in [4.78, 5) is 5.94. The molecule has 2 rings (SSSR count). The molecule has 0 heterocycles. The van der Waals surface area contributed by atoms with E-state index in [1.807, 2.05) is 24.3 Å². The highest BCUT2D eigenvalue weighted by atomic mass is 127. The van der Waals surface area contributed by atoms with Gasteiger partial charge < -0.3 is 20.3 Å². The van der Waals surface area contributed by atoms with Crippen LogP contribution < -0.4 is 15.4 Å². The number of nitrogens with zero attached hydrogens (tertiary/aromatic N) is 2. The molecule has 0 saturated carbocycles. The Balaban J connectivity index is 0.00000392. The Morgan fingerprint density at radius 3 is 2.29 bits per heavy atom. The van der Waals surface area contributed by atoms with Crippen molar-refractivity contribution >= 4 is 29.9 Å². The molecule has 8 heteroatoms. The lowest BCUT2D eigenvalue weighted by molar-refractivity contribution is 0.282. The lowest BCUT2D eigenvalue weighted by Gasteiger charge is -2.26. The van der Waals surface area contributed by atoms with E-state index in [4.69, 9.17) is 4.74 Å². The molecule has 1 atom stereocenters. The minimum Gasteiger partial charge on any atom is -0.496 e. The number of methoxy groups -OCH3 is 1. The predicted molar refractivity (Wildman–Crippen MR) is 119 cm³/mol. The number of halogens is 3. The van der Waals surface area contributed by atoms with E-state index in [1.54, 1.807) is 33.2 Å². The standard InChI is InChI=1S/C20H26F2N4O.HI/c1-23-20(24-12-14-8-5-6-11-18(14)27-4)25-13-17(26(2)3)19-15(21)9-7-10-16(19)22;/h5-11,17H,12-13H2,1-4H3,(H2,23,24,25);1H. The summed E-state index contributed by atoms with van der Waals surface area (Å²) in [5.74, 6) is 0.185. The molecule has 0 aliphatic heterocycles. The molecule has 0 aromatic heterocycles. The van der Waals surface area contributed by atoms with Gasteiger partial charge in [-0.05, 0) is 32.3 Å². The SMILES string of the molecule is CN=C(NCc1ccccc1OC)NCC(c1c(F)cccc1F)N(C)C.I. The second-order valence-corrected chi connectivity index (χ2v) is 6.23. The molecule has 2 aromatic rings. The Kier molecular flexibility index (Phi) is 10.2. The molecule has 0 amide bonds. The van der Waals surface area contributed by atoms with Gasteiger partial charge in [-0.1, -0.05) is 24.3 Å². The van der Waals surface area contributed by atoms with Crippen molar-refractivity contribution < 1.29 is 13.5 Å². The van der Waals surface area contributed by atoms with Crippen LogP contribution in [-0.4, -0.2) is 45.7 Å². The molecule has 0 spiro atoms. The van der Waals surface area contributed by atoms with E-state index in [-0.39, 0.29) is 36.1 Å². The van der Waals surface area contributed by atoms with Crippen LogP contribution in [0.1, 0.15) is 17.2 Å². The molecule has 0 bridgehead atoms. The van der Waals surface area contributed by atoms with Crippen LogP contribution in [0.3, 0.4) is 0 Å². The summed E-state index contributed by atoms with van der Waals surface area (Å²) >= 11 is 0. The van der Waals surface area contributed by atoms with Crippen LogP contribution >= 0.6 is 24.0 Å². The van der Waals surface area contributed by atoms with Gasteiger partial charge in [-0.15, -0.1) is 24.0 Å². The van der Waals surface area contributed by atoms with Crippen molar-refractivity contribution in [2.45, 2.75) is 12.6 Å². The van der Waals surface area contributed by atoms with Crippen molar-refractivity contribution in [3.8, 4) is 5.75 Å². The number of rotatable bonds is 7. The van der Waals surface area contributed by atoms with Crippen LogP contribution in [-0.2, 0) is 6.54 Å². The van der Waals surface area contributed by atoms with Gasteiger partial charge in [0.1, 0.15) is 17.4 Å². The monoisotopic (exact) mass is 504 g/mol. The Morgan fingerprint density at radius 2 is 1.71 bits per heavy atom. The van der Waals surface area contributed by atoms with E-state index >= 15 is 0 Å². The molecule has 2 N–H and O–H groups in total. The van der Waals surface area contributed by atoms with E-state index in [9.17, 15) is 8.78 Å². The maximum absolute atomic E-state index is 14.2. The summed E-state index contributed by atoms with van der Waals surface area (Å²) in [6, 6.07) is 11.1. The van der Waals surface area contributed by atoms with Crippen LogP contribution in [0, 0.1) is 11.6 Å². The fraction of sp³-hybridized carbons (Fsp3) is 0.350. The maximum atomic E-state index is 14.2. The zero-order valence-electron chi connectivity index (χ0n) is 16.5. The van der Waals surface area contributed by atoms with Gasteiger partial charge in [0.05, 0.1) is 13.2 Å². The molecule has 0 radical (unpaired) electrons. The van der Waals surface area contributed by atoms with E-state index < -0.39 is 17.7 Å². The normalized spacial score (nSPS) is 12.3. The van der Waals surface area contributed by atoms with Gasteiger partial charge in [-0.2, -0.15) is 0 Å². The smallest absolute Gasteiger partial charge is 0.191 e. The van der Waals surface area contributed by atoms with Gasteiger partial charge in [-0.25, -0.2) is 8.78 Å². The van der Waals surface area contributed by atoms with Crippen LogP contribution in [0.15, 0.2) is 47.5 Å². The first-order chi connectivity index (χ1) is 13.0. The maximum Gasteiger partial charge on any atom is 0.191 e. The fourth-order valence-electron chi connectivity index (χ4n) is 2.81. The quantitative estimate of drug-likeness (QED) is 0.344. The van der Waals surface area contributed by atoms with Crippen molar-refractivity contribution in [3.05, 3.63) is 65.2 Å². The third-order valence-corrected chi connectivity index (χ3v) is 4.28. The van der Waals surface area contributed by atoms with Crippen LogP contribution in [0.2, 0.25) is 0 Å². The van der Waals surface area contributed by atoms with E-state index in [0.29, 0.717) is 12.5 Å². The first-order valence-electron chi connectivity index (χ1n) is 8.64. The van der Waals surface area contributed by atoms with E-state index in [0.717, 1.165) is 11.3 Å². The number of benzene rings is 2. The Bertz CT molecular complexity index is 766. The second-order valence-electron chi connectivity index (χ2n) is 6.23. The summed E-state index contributed by atoms with van der Waals surface area (Å²) in [6.45, 7) is 0.792. The van der Waals surface area contributed by atoms with Gasteiger partial charge in [-0.3, -0.25) is 4.99 Å². The average Bonchev–Trinajstić information content (AvgIpc) is 2.66. The van der Waals surface area contributed by atoms with Gasteiger partial charge in [0.15, 0.2) is 5.96 Å². The molecule has 0 aliphatic carbocycles. The van der Waals surface area contributed by atoms with Gasteiger partial charge >= 0.3 is 0 Å². The number of nitrogens with one attached hydrogen (secondary N) is 2. The molecule has 28 heavy (non-hydrogen) atoms. The molecule has 0 aliphatic rings. The van der Waals surface area contributed by atoms with Crippen molar-refractivity contribution in [3.63, 3.8) is 0 Å². The lowest BCUT2D eigenvalue weighted by Crippen LogP contribution is -2.41. The fourth-order valence-corrected chi connectivity index (χ4v) is 2.81. The highest BCUT2D eigenvalue weighted by molar-refractivity contribution is 14.0. The zero-order valence-corrected chi connectivity index (χ0v) is 18.8. The van der Waals surface area contributed by atoms with Crippen molar-refractivity contribution in [1.82, 2.24) is 15.5 Å². The van der Waals surface area contributed by atoms with Crippen LogP contribution in [0.5, 0.6) is 5.75 Å². The van der Waals surface area contributed by atoms with Crippen LogP contribution in [0.4, 0.5) is 8.78 Å². The topological polar surface area (TPSA) is 48.9 Å². The number of hydrogen-bond acceptors (Lipinski definition) is 3. The summed E-state index contributed by atoms with van der Waals surface area (Å²) in [7, 11) is 6.83. The first-order valence-corrected chi connectivity index (χ1v) is 8.64. The van der Waals surface area contributed by atoms with Crippen molar-refractivity contribution in [2.75, 3.05) is 34.8 Å². The number of likely N-dealkylation sites (N-methyl/N-ethyl adjacent to an activating group) is 1. The highest BCUT2D eigenvalue weighted by Gasteiger charge is 2.22. The van der Waals surface area contributed by atoms with E-state index in [2.05, 4.69) is 15.6 Å².